The Morgan fingerprint density at radius 2 is 0.736 bits per heavy atom. The minimum absolute atomic E-state index is 0.000176. The van der Waals surface area contributed by atoms with Crippen LogP contribution in [0.25, 0.3) is 89.2 Å². The lowest BCUT2D eigenvalue weighted by molar-refractivity contribution is -0.130. The van der Waals surface area contributed by atoms with Crippen molar-refractivity contribution in [2.45, 2.75) is 105 Å². The highest BCUT2D eigenvalue weighted by atomic mass is 35.5. The number of aromatic nitrogens is 16. The van der Waals surface area contributed by atoms with Gasteiger partial charge in [0.05, 0.1) is 116 Å². The molecule has 25 nitrogen and oxygen atoms in total. The zero-order valence-corrected chi connectivity index (χ0v) is 72.3. The summed E-state index contributed by atoms with van der Waals surface area (Å²) < 4.78 is 35.5. The van der Waals surface area contributed by atoms with Gasteiger partial charge in [-0.1, -0.05) is 75.7 Å². The molecule has 4 unspecified atom stereocenters. The van der Waals surface area contributed by atoms with E-state index in [1.165, 1.54) is 24.3 Å². The summed E-state index contributed by atoms with van der Waals surface area (Å²) in [7, 11) is 7.33. The van der Waals surface area contributed by atoms with Gasteiger partial charge in [-0.2, -0.15) is 25.7 Å². The molecule has 0 fully saturated rings. The Morgan fingerprint density at radius 1 is 0.408 bits per heavy atom. The number of amides is 4. The van der Waals surface area contributed by atoms with Gasteiger partial charge in [0.25, 0.3) is 5.91 Å². The average Bonchev–Trinajstić information content (AvgIpc) is 1.68. The van der Waals surface area contributed by atoms with Crippen LogP contribution in [0, 0.1) is 46.6 Å². The maximum atomic E-state index is 13.3. The molecule has 4 atom stereocenters. The largest absolute Gasteiger partial charge is 0.346 e. The van der Waals surface area contributed by atoms with Gasteiger partial charge in [0.15, 0.2) is 0 Å². The number of aromatic amines is 4. The highest BCUT2D eigenvalue weighted by Gasteiger charge is 2.21. The molecular weight excluding hydrogens is 1600 g/mol. The maximum absolute atomic E-state index is 13.3. The van der Waals surface area contributed by atoms with Crippen molar-refractivity contribution >= 4 is 79.4 Å². The molecule has 4 N–H and O–H groups in total. The van der Waals surface area contributed by atoms with E-state index in [-0.39, 0.29) is 41.7 Å². The molecule has 4 aromatic carbocycles. The first kappa shape index (κ1) is 88.8. The lowest BCUT2D eigenvalue weighted by atomic mass is 10.1. The number of aryl methyl sites for hydroxylation is 1. The Bertz CT molecular complexity index is 6070. The Labute approximate surface area is 730 Å². The highest BCUT2D eigenvalue weighted by molar-refractivity contribution is 6.30. The van der Waals surface area contributed by atoms with Gasteiger partial charge in [-0.15, -0.1) is 0 Å². The summed E-state index contributed by atoms with van der Waals surface area (Å²) in [4.78, 5) is 76.0. The highest BCUT2D eigenvalue weighted by Crippen LogP contribution is 2.29. The average molecular weight is 1700 g/mol. The molecule has 0 bridgehead atoms. The van der Waals surface area contributed by atoms with Crippen LogP contribution in [0.5, 0.6) is 0 Å². The van der Waals surface area contributed by atoms with E-state index >= 15 is 0 Å². The molecule has 0 saturated heterocycles. The number of halogens is 3. The summed E-state index contributed by atoms with van der Waals surface area (Å²) in [6.45, 7) is 15.0. The van der Waals surface area contributed by atoms with Crippen LogP contribution in [0.4, 0.5) is 8.78 Å². The van der Waals surface area contributed by atoms with E-state index in [2.05, 4.69) is 142 Å². The van der Waals surface area contributed by atoms with Gasteiger partial charge < -0.3 is 37.9 Å². The van der Waals surface area contributed by atoms with E-state index in [4.69, 9.17) is 36.8 Å². The quantitative estimate of drug-likeness (QED) is 0.0305. The normalized spacial score (nSPS) is 12.1. The number of H-pyrrole nitrogens is 4. The lowest BCUT2D eigenvalue weighted by Crippen LogP contribution is -2.30. The Hall–Kier alpha value is -14.0. The minimum atomic E-state index is -0.313. The summed E-state index contributed by atoms with van der Waals surface area (Å²) in [5, 5.41) is 36.8. The fraction of sp³-hybridized carbons (Fsp3) is 0.289. The topological polar surface area (TPSA) is 291 Å². The van der Waals surface area contributed by atoms with Gasteiger partial charge in [0.2, 0.25) is 17.7 Å². The second-order valence-electron chi connectivity index (χ2n) is 32.4. The monoisotopic (exact) mass is 1700 g/mol. The molecule has 0 aliphatic heterocycles. The van der Waals surface area contributed by atoms with Crippen LogP contribution in [-0.4, -0.2) is 177 Å². The number of fused-ring (bicyclic) bond motifs is 4. The van der Waals surface area contributed by atoms with E-state index < -0.39 is 0 Å². The minimum Gasteiger partial charge on any atom is -0.346 e. The zero-order valence-electron chi connectivity index (χ0n) is 71.6. The number of pyridine rings is 4. The van der Waals surface area contributed by atoms with Crippen LogP contribution in [0.15, 0.2) is 244 Å². The predicted octanol–water partition coefficient (Wildman–Crippen LogP) is 17.9. The first-order valence-corrected chi connectivity index (χ1v) is 42.4. The number of hydrogen-bond acceptors (Lipinski definition) is 13. The smallest absolute Gasteiger partial charge is 0.253 e. The van der Waals surface area contributed by atoms with Crippen molar-refractivity contribution in [1.82, 2.24) is 98.6 Å². The number of nitrogens with zero attached hydrogens (tertiary/aromatic N) is 17. The Kier molecular flexibility index (Phi) is 30.3. The van der Waals surface area contributed by atoms with Crippen LogP contribution in [0.3, 0.4) is 0 Å². The maximum Gasteiger partial charge on any atom is 0.253 e. The third-order valence-corrected chi connectivity index (χ3v) is 22.7. The summed E-state index contributed by atoms with van der Waals surface area (Å²) in [6, 6.07) is 53.6. The van der Waals surface area contributed by atoms with Crippen LogP contribution in [-0.2, 0) is 59.8 Å². The summed E-state index contributed by atoms with van der Waals surface area (Å²) in [6.07, 6.45) is 27.8. The summed E-state index contributed by atoms with van der Waals surface area (Å²) in [5.74, 6) is 1.19. The van der Waals surface area contributed by atoms with E-state index in [9.17, 15) is 28.0 Å². The van der Waals surface area contributed by atoms with Gasteiger partial charge in [-0.25, -0.2) is 28.7 Å². The van der Waals surface area contributed by atoms with Crippen molar-refractivity contribution < 1.29 is 28.0 Å². The molecule has 0 spiro atoms. The first-order valence-electron chi connectivity index (χ1n) is 42.0. The van der Waals surface area contributed by atoms with Crippen molar-refractivity contribution in [3.05, 3.63) is 289 Å². The molecule has 642 valence electrons. The molecule has 0 radical (unpaired) electrons. The van der Waals surface area contributed by atoms with Crippen molar-refractivity contribution in [1.29, 1.82) is 5.26 Å². The number of carbonyl (C=O) groups is 4. The number of benzene rings is 4. The van der Waals surface area contributed by atoms with E-state index in [0.717, 1.165) is 159 Å². The van der Waals surface area contributed by atoms with Gasteiger partial charge in [0.1, 0.15) is 11.6 Å². The fourth-order valence-corrected chi connectivity index (χ4v) is 15.1. The first-order chi connectivity index (χ1) is 60.5. The number of nitriles is 1. The van der Waals surface area contributed by atoms with Crippen LogP contribution < -0.4 is 0 Å². The van der Waals surface area contributed by atoms with E-state index in [1.54, 1.807) is 89.0 Å². The summed E-state index contributed by atoms with van der Waals surface area (Å²) >= 11 is 6.02. The lowest BCUT2D eigenvalue weighted by Gasteiger charge is -2.20. The van der Waals surface area contributed by atoms with Crippen LogP contribution in [0.1, 0.15) is 92.4 Å². The molecule has 28 heteroatoms. The number of hydrogen-bond donors (Lipinski definition) is 4. The molecule has 125 heavy (non-hydrogen) atoms. The third-order valence-electron chi connectivity index (χ3n) is 22.4. The van der Waals surface area contributed by atoms with Gasteiger partial charge >= 0.3 is 0 Å². The molecular formula is C97H104ClF2N21O4. The van der Waals surface area contributed by atoms with Gasteiger partial charge in [-0.3, -0.25) is 39.6 Å². The van der Waals surface area contributed by atoms with Crippen molar-refractivity contribution in [3.63, 3.8) is 0 Å². The number of carbonyl (C=O) groups excluding carboxylic acids is 4. The second-order valence-corrected chi connectivity index (χ2v) is 32.8. The van der Waals surface area contributed by atoms with Gasteiger partial charge in [0, 0.05) is 169 Å². The summed E-state index contributed by atoms with van der Waals surface area (Å²) in [5.41, 5.74) is 19.4. The van der Waals surface area contributed by atoms with Crippen molar-refractivity contribution in [2.75, 3.05) is 54.4 Å². The van der Waals surface area contributed by atoms with Crippen LogP contribution >= 0.6 is 11.6 Å². The van der Waals surface area contributed by atoms with E-state index in [0.29, 0.717) is 84.3 Å². The number of nitrogens with one attached hydrogen (secondary N) is 4. The molecule has 12 aromatic heterocycles. The molecule has 0 saturated carbocycles. The van der Waals surface area contributed by atoms with Crippen LogP contribution in [0.2, 0.25) is 5.02 Å². The predicted molar refractivity (Wildman–Crippen MR) is 485 cm³/mol. The molecule has 16 rings (SSSR count). The fourth-order valence-electron chi connectivity index (χ4n) is 14.9. The third kappa shape index (κ3) is 24.5. The van der Waals surface area contributed by atoms with Gasteiger partial charge in [-0.05, 0) is 206 Å². The van der Waals surface area contributed by atoms with Crippen molar-refractivity contribution in [2.24, 2.45) is 23.7 Å². The molecule has 4 amide bonds. The molecule has 16 aromatic rings. The standard InChI is InChI=1S/C25H28FN5O.C24H26ClN5O.C24H26FN5O.C24H24N6O/c1-18(10-12-30(2)25(32)9-6-19-4-3-5-21(26)14-19)17-31-13-11-23-24(31)8-7-22(29-23)20-15-27-28-16-20;2*1-17(8-10-29(2)24(31)13-18-4-3-5-20(25)12-18)16-30-11-9-22-23(30)7-6-21(28-22)19-14-26-27-15-19;1-17(9-11-29(2)24(31)19-5-3-18(13-25)4-6-19)16-30-12-10-22-23(30)8-7-21(28-22)20-14-26-27-15-20/h3-5,7-8,11,13-16,18H,6,9-10,12,17H2,1-2H3,(H,27,28);2*3-7,9,11-12,14-15,17H,8,10,13,16H2,1-2H3,(H,26,27);3-8,10,12,14-15,17H,9,11,16H2,1-2H3,(H,26,27). The second kappa shape index (κ2) is 42.7. The SMILES string of the molecule is CC(CCN(C)C(=O)CCc1cccc(F)c1)Cn1ccc2nc(-c3cn[nH]c3)ccc21.CC(CCN(C)C(=O)Cc1cccc(Cl)c1)Cn1ccc2nc(-c3cn[nH]c3)ccc21.CC(CCN(C)C(=O)Cc1cccc(F)c1)Cn1ccc2nc(-c3cn[nH]c3)ccc21.CC(CCN(C)C(=O)c1ccc(C#N)cc1)Cn1ccc2nc(-c3cn[nH]c3)ccc21. The zero-order chi connectivity index (χ0) is 87.9. The number of likely N-dealkylation sites (N-methyl/N-ethyl adjacent to an activating group) is 2. The molecule has 0 aliphatic rings. The molecule has 12 heterocycles. The van der Waals surface area contributed by atoms with E-state index in [1.807, 2.05) is 130 Å². The Morgan fingerprint density at radius 3 is 1.07 bits per heavy atom. The molecule has 0 aliphatic carbocycles. The number of rotatable bonds is 32. The van der Waals surface area contributed by atoms with Crippen molar-refractivity contribution in [3.8, 4) is 51.1 Å². The Balaban J connectivity index is 0.000000143.